The van der Waals surface area contributed by atoms with E-state index in [1.165, 1.54) is 0 Å². The number of ether oxygens (including phenoxy) is 1. The first kappa shape index (κ1) is 42.5. The zero-order chi connectivity index (χ0) is 43.6. The topological polar surface area (TPSA) is 93.0 Å². The zero-order valence-corrected chi connectivity index (χ0v) is 41.3. The van der Waals surface area contributed by atoms with E-state index in [9.17, 15) is 0 Å². The molecule has 4 aliphatic heterocycles. The number of fused-ring (bicyclic) bond motifs is 2. The highest BCUT2D eigenvalue weighted by molar-refractivity contribution is 8.67. The molecule has 9 nitrogen and oxygen atoms in total. The molecular weight excluding hydrogens is 819 g/mol. The SMILES string of the molecule is CC(C)(C)N=C(c1ccccc1)N(C(C)(C)C)[Si@@]12OC(=O)P3P1C(=O)O[Si@]3(N(C(=NC(C)(C)C)c1ccccc1)C(C)(C)C)c1cccc3c1Oc1c(cccc12)C3(C)C. The van der Waals surface area contributed by atoms with Gasteiger partial charge >= 0.3 is 27.7 Å². The van der Waals surface area contributed by atoms with Crippen molar-refractivity contribution in [1.29, 1.82) is 0 Å². The van der Waals surface area contributed by atoms with E-state index >= 15 is 9.59 Å². The van der Waals surface area contributed by atoms with Gasteiger partial charge in [0.1, 0.15) is 37.5 Å². The Bertz CT molecular complexity index is 2300. The fraction of sp³-hybridized carbons (Fsp3) is 0.404. The standard InChI is InChI=1S/C47H58N4O5P2Si2/c1-43(2,3)48-39(31-23-17-15-18-24-31)50(45(7,8)9)59-35-29-21-27-33-37(35)54-38-34(47(33,13)14)28-22-30-36(38)60(56-42(53)57(59)58(60)41(52)55-59)51(46(10,11)12)40(49-44(4,5)6)32-25-19-16-20-26-32/h15-30H,1-14H3/t57?,58?,59-,60+. The van der Waals surface area contributed by atoms with Gasteiger partial charge in [-0.2, -0.15) is 0 Å². The van der Waals surface area contributed by atoms with Crippen molar-refractivity contribution >= 4 is 64.1 Å². The predicted octanol–water partition coefficient (Wildman–Crippen LogP) is 11.3. The molecular formula is C47H58N4O5P2Si2. The van der Waals surface area contributed by atoms with E-state index in [0.717, 1.165) is 32.6 Å². The second kappa shape index (κ2) is 13.9. The number of carbonyl (C=O) groups is 2. The maximum absolute atomic E-state index is 16.0. The minimum absolute atomic E-state index is 0.343. The maximum Gasteiger partial charge on any atom is 0.444 e. The molecule has 0 N–H and O–H groups in total. The largest absolute Gasteiger partial charge is 0.488 e. The van der Waals surface area contributed by atoms with Crippen LogP contribution in [0, 0.1) is 0 Å². The Hall–Kier alpha value is -4.15. The molecule has 0 saturated carbocycles. The van der Waals surface area contributed by atoms with Gasteiger partial charge in [0.05, 0.1) is 11.1 Å². The van der Waals surface area contributed by atoms with E-state index in [0.29, 0.717) is 23.2 Å². The normalized spacial score (nSPS) is 24.4. The molecule has 6 bridgehead atoms. The van der Waals surface area contributed by atoms with Crippen molar-refractivity contribution in [2.45, 2.75) is 125 Å². The highest BCUT2D eigenvalue weighted by Gasteiger charge is 2.84. The van der Waals surface area contributed by atoms with E-state index in [-0.39, 0.29) is 11.4 Å². The summed E-state index contributed by atoms with van der Waals surface area (Å²) in [6.07, 6.45) is 0. The minimum atomic E-state index is -4.14. The van der Waals surface area contributed by atoms with Crippen LogP contribution in [0.15, 0.2) is 107 Å². The molecule has 2 fully saturated rings. The summed E-state index contributed by atoms with van der Waals surface area (Å²) in [7, 11) is -12.3. The Labute approximate surface area is 360 Å². The number of aliphatic imine (C=N–C) groups is 2. The van der Waals surface area contributed by atoms with Gasteiger partial charge in [-0.1, -0.05) is 111 Å². The van der Waals surface area contributed by atoms with Crippen LogP contribution in [-0.4, -0.2) is 70.7 Å². The molecule has 60 heavy (non-hydrogen) atoms. The molecule has 4 atom stereocenters. The molecule has 0 aromatic heterocycles. The molecule has 4 aromatic rings. The van der Waals surface area contributed by atoms with Gasteiger partial charge in [0.25, 0.3) is 0 Å². The van der Waals surface area contributed by atoms with E-state index in [1.807, 2.05) is 48.5 Å². The Balaban J connectivity index is 1.58. The fourth-order valence-corrected chi connectivity index (χ4v) is 49.7. The van der Waals surface area contributed by atoms with Crippen LogP contribution in [0.3, 0.4) is 0 Å². The van der Waals surface area contributed by atoms with Gasteiger partial charge in [-0.15, -0.1) is 0 Å². The summed E-state index contributed by atoms with van der Waals surface area (Å²) < 4.78 is 26.9. The average Bonchev–Trinajstić information content (AvgIpc) is 3.63. The molecule has 4 heterocycles. The average molecular weight is 877 g/mol. The summed E-state index contributed by atoms with van der Waals surface area (Å²) in [4.78, 5) is 43.0. The predicted molar refractivity (Wildman–Crippen MR) is 251 cm³/mol. The first-order chi connectivity index (χ1) is 27.8. The van der Waals surface area contributed by atoms with Gasteiger partial charge in [0, 0.05) is 49.1 Å². The number of benzene rings is 4. The van der Waals surface area contributed by atoms with Crippen LogP contribution >= 0.6 is 14.3 Å². The number of hydrogen-bond donors (Lipinski definition) is 0. The molecule has 0 radical (unpaired) electrons. The van der Waals surface area contributed by atoms with Gasteiger partial charge in [-0.3, -0.25) is 9.98 Å². The van der Waals surface area contributed by atoms with Crippen molar-refractivity contribution in [3.05, 3.63) is 119 Å². The minimum Gasteiger partial charge on any atom is -0.488 e. The van der Waals surface area contributed by atoms with Crippen LogP contribution in [0.2, 0.25) is 0 Å². The first-order valence-electron chi connectivity index (χ1n) is 20.8. The highest BCUT2D eigenvalue weighted by Crippen LogP contribution is 2.89. The van der Waals surface area contributed by atoms with Crippen LogP contribution in [0.25, 0.3) is 0 Å². The second-order valence-electron chi connectivity index (χ2n) is 20.6. The van der Waals surface area contributed by atoms with Crippen molar-refractivity contribution < 1.29 is 23.2 Å². The zero-order valence-electron chi connectivity index (χ0n) is 37.5. The summed E-state index contributed by atoms with van der Waals surface area (Å²) in [5.74, 6) is 2.69. The van der Waals surface area contributed by atoms with Gasteiger partial charge in [0.2, 0.25) is 0 Å². The van der Waals surface area contributed by atoms with Crippen molar-refractivity contribution in [2.24, 2.45) is 9.98 Å². The lowest BCUT2D eigenvalue weighted by Crippen LogP contribution is -2.71. The number of rotatable bonds is 4. The van der Waals surface area contributed by atoms with Crippen LogP contribution in [0.4, 0.5) is 9.59 Å². The van der Waals surface area contributed by atoms with E-state index < -0.39 is 58.2 Å². The summed E-state index contributed by atoms with van der Waals surface area (Å²) >= 11 is 0. The summed E-state index contributed by atoms with van der Waals surface area (Å²) in [6.45, 7) is 29.8. The summed E-state index contributed by atoms with van der Waals surface area (Å²) in [6, 6.07) is 32.7. The Morgan fingerprint density at radius 1 is 0.533 bits per heavy atom. The summed E-state index contributed by atoms with van der Waals surface area (Å²) in [5.41, 5.74) is 0.00682. The maximum atomic E-state index is 16.0. The molecule has 0 amide bonds. The van der Waals surface area contributed by atoms with Crippen LogP contribution in [0.1, 0.15) is 119 Å². The van der Waals surface area contributed by atoms with Crippen molar-refractivity contribution in [3.8, 4) is 11.5 Å². The third-order valence-electron chi connectivity index (χ3n) is 11.2. The molecule has 8 rings (SSSR count). The molecule has 314 valence electrons. The Morgan fingerprint density at radius 3 is 1.20 bits per heavy atom. The second-order valence-corrected chi connectivity index (χ2v) is 38.4. The van der Waals surface area contributed by atoms with Crippen molar-refractivity contribution in [3.63, 3.8) is 0 Å². The number of para-hydroxylation sites is 2. The molecule has 0 aliphatic carbocycles. The Morgan fingerprint density at radius 2 is 0.883 bits per heavy atom. The molecule has 4 aromatic carbocycles. The quantitative estimate of drug-likeness (QED) is 0.0872. The molecule has 2 unspecified atom stereocenters. The fourth-order valence-electron chi connectivity index (χ4n) is 9.13. The van der Waals surface area contributed by atoms with Crippen LogP contribution in [-0.2, 0) is 14.3 Å². The van der Waals surface area contributed by atoms with E-state index in [4.69, 9.17) is 23.6 Å². The lowest BCUT2D eigenvalue weighted by Gasteiger charge is -2.50. The number of hydrogen-bond acceptors (Lipinski definition) is 7. The monoisotopic (exact) mass is 876 g/mol. The van der Waals surface area contributed by atoms with Gasteiger partial charge in [0.15, 0.2) is 0 Å². The third-order valence-corrected chi connectivity index (χ3v) is 40.2. The number of nitrogens with zero attached hydrogens (tertiary/aromatic N) is 4. The lowest BCUT2D eigenvalue weighted by atomic mass is 9.76. The lowest BCUT2D eigenvalue weighted by molar-refractivity contribution is 0.212. The van der Waals surface area contributed by atoms with Crippen molar-refractivity contribution in [1.82, 2.24) is 9.13 Å². The van der Waals surface area contributed by atoms with Crippen molar-refractivity contribution in [2.75, 3.05) is 0 Å². The van der Waals surface area contributed by atoms with Crippen LogP contribution < -0.4 is 15.1 Å². The Kier molecular flexibility index (Phi) is 9.88. The van der Waals surface area contributed by atoms with Gasteiger partial charge < -0.3 is 22.7 Å². The number of amidine groups is 2. The first-order valence-corrected chi connectivity index (χ1v) is 29.6. The third kappa shape index (κ3) is 6.52. The number of carbonyl (C=O) groups excluding carboxylic acids is 2. The smallest absolute Gasteiger partial charge is 0.444 e. The molecule has 4 aliphatic rings. The van der Waals surface area contributed by atoms with Gasteiger partial charge in [-0.25, -0.2) is 9.59 Å². The van der Waals surface area contributed by atoms with Gasteiger partial charge in [-0.05, 0) is 83.1 Å². The molecule has 0 spiro atoms. The van der Waals surface area contributed by atoms with E-state index in [1.54, 1.807) is 0 Å². The van der Waals surface area contributed by atoms with E-state index in [2.05, 4.69) is 155 Å². The van der Waals surface area contributed by atoms with Crippen LogP contribution in [0.5, 0.6) is 11.5 Å². The molecule has 13 heteroatoms. The molecule has 2 saturated heterocycles. The highest BCUT2D eigenvalue weighted by atomic mass is 32.3. The summed E-state index contributed by atoms with van der Waals surface area (Å²) in [5, 5.41) is 1.53.